The molecule has 136 valence electrons. The van der Waals surface area contributed by atoms with Gasteiger partial charge in [0.2, 0.25) is 0 Å². The molecule has 25 heavy (non-hydrogen) atoms. The zero-order chi connectivity index (χ0) is 18.4. The number of hydrogen-bond donors (Lipinski definition) is 2. The van der Waals surface area contributed by atoms with Gasteiger partial charge in [-0.25, -0.2) is 9.59 Å². The first kappa shape index (κ1) is 19.0. The number of amides is 2. The van der Waals surface area contributed by atoms with Crippen LogP contribution >= 0.6 is 11.8 Å². The van der Waals surface area contributed by atoms with Crippen molar-refractivity contribution >= 4 is 23.8 Å². The number of esters is 1. The zero-order valence-corrected chi connectivity index (χ0v) is 15.5. The number of ether oxygens (including phenoxy) is 3. The van der Waals surface area contributed by atoms with E-state index in [1.54, 1.807) is 44.0 Å². The molecule has 8 heteroatoms. The number of rotatable bonds is 7. The molecule has 1 aliphatic rings. The van der Waals surface area contributed by atoms with E-state index in [2.05, 4.69) is 10.6 Å². The first-order valence-corrected chi connectivity index (χ1v) is 9.07. The minimum absolute atomic E-state index is 0.309. The van der Waals surface area contributed by atoms with Gasteiger partial charge in [-0.2, -0.15) is 11.8 Å². The third-order valence-corrected chi connectivity index (χ3v) is 4.33. The van der Waals surface area contributed by atoms with Gasteiger partial charge in [0.05, 0.1) is 25.8 Å². The molecule has 0 saturated heterocycles. The van der Waals surface area contributed by atoms with Gasteiger partial charge in [0, 0.05) is 11.4 Å². The lowest BCUT2D eigenvalue weighted by Crippen LogP contribution is -2.45. The first-order chi connectivity index (χ1) is 12.0. The van der Waals surface area contributed by atoms with Crippen LogP contribution < -0.4 is 20.1 Å². The van der Waals surface area contributed by atoms with E-state index >= 15 is 0 Å². The normalized spacial score (nSPS) is 16.8. The van der Waals surface area contributed by atoms with Crippen molar-refractivity contribution in [1.29, 1.82) is 0 Å². The average Bonchev–Trinajstić information content (AvgIpc) is 2.60. The van der Waals surface area contributed by atoms with Gasteiger partial charge in [-0.1, -0.05) is 6.07 Å². The molecule has 1 aromatic carbocycles. The summed E-state index contributed by atoms with van der Waals surface area (Å²) in [6.07, 6.45) is 1.94. The highest BCUT2D eigenvalue weighted by molar-refractivity contribution is 7.98. The molecule has 0 aromatic heterocycles. The Morgan fingerprint density at radius 1 is 1.24 bits per heavy atom. The topological polar surface area (TPSA) is 85.9 Å². The van der Waals surface area contributed by atoms with Crippen molar-refractivity contribution in [2.45, 2.75) is 13.0 Å². The van der Waals surface area contributed by atoms with E-state index in [0.29, 0.717) is 40.7 Å². The fourth-order valence-corrected chi connectivity index (χ4v) is 2.79. The molecule has 1 aliphatic heterocycles. The molecule has 0 bridgehead atoms. The Morgan fingerprint density at radius 3 is 2.60 bits per heavy atom. The lowest BCUT2D eigenvalue weighted by Gasteiger charge is -2.28. The number of hydrogen-bond acceptors (Lipinski definition) is 6. The van der Waals surface area contributed by atoms with Crippen molar-refractivity contribution in [2.24, 2.45) is 0 Å². The minimum atomic E-state index is -0.629. The molecular formula is C17H22N2O5S. The number of methoxy groups -OCH3 is 2. The van der Waals surface area contributed by atoms with Gasteiger partial charge in [-0.05, 0) is 30.9 Å². The molecule has 0 saturated carbocycles. The summed E-state index contributed by atoms with van der Waals surface area (Å²) in [5.74, 6) is 1.33. The molecule has 1 heterocycles. The lowest BCUT2D eigenvalue weighted by atomic mass is 9.95. The molecule has 0 fully saturated rings. The number of carbonyl (C=O) groups excluding carboxylic acids is 2. The SMILES string of the molecule is COc1ccc([C@H]2NC(=O)NC(C)=C2C(=O)OCCSC)cc1OC. The van der Waals surface area contributed by atoms with Crippen LogP contribution in [0.3, 0.4) is 0 Å². The second kappa shape index (κ2) is 8.66. The average molecular weight is 366 g/mol. The van der Waals surface area contributed by atoms with E-state index < -0.39 is 12.0 Å². The van der Waals surface area contributed by atoms with Crippen LogP contribution in [0.15, 0.2) is 29.5 Å². The van der Waals surface area contributed by atoms with Crippen LogP contribution in [-0.2, 0) is 9.53 Å². The van der Waals surface area contributed by atoms with Gasteiger partial charge < -0.3 is 24.8 Å². The summed E-state index contributed by atoms with van der Waals surface area (Å²) in [5, 5.41) is 5.38. The van der Waals surface area contributed by atoms with Gasteiger partial charge in [-0.15, -0.1) is 0 Å². The summed E-state index contributed by atoms with van der Waals surface area (Å²) >= 11 is 1.59. The Kier molecular flexibility index (Phi) is 6.58. The Labute approximate surface area is 151 Å². The minimum Gasteiger partial charge on any atom is -0.493 e. The molecule has 0 spiro atoms. The van der Waals surface area contributed by atoms with Crippen molar-refractivity contribution < 1.29 is 23.8 Å². The standard InChI is InChI=1S/C17H22N2O5S/c1-10-14(16(20)24-7-8-25-4)15(19-17(21)18-10)11-5-6-12(22-2)13(9-11)23-3/h5-6,9,15H,7-8H2,1-4H3,(H2,18,19,21)/t15-/m1/s1. The Balaban J connectivity index is 2.37. The Bertz CT molecular complexity index is 690. The molecule has 1 atom stereocenters. The van der Waals surface area contributed by atoms with Crippen molar-refractivity contribution in [3.8, 4) is 11.5 Å². The molecular weight excluding hydrogens is 344 g/mol. The molecule has 0 unspecified atom stereocenters. The van der Waals surface area contributed by atoms with Crippen molar-refractivity contribution in [2.75, 3.05) is 32.8 Å². The van der Waals surface area contributed by atoms with Gasteiger partial charge in [0.15, 0.2) is 11.5 Å². The summed E-state index contributed by atoms with van der Waals surface area (Å²) < 4.78 is 15.9. The van der Waals surface area contributed by atoms with Crippen LogP contribution in [0.1, 0.15) is 18.5 Å². The van der Waals surface area contributed by atoms with Crippen LogP contribution in [0.25, 0.3) is 0 Å². The molecule has 0 aliphatic carbocycles. The maximum atomic E-state index is 12.5. The highest BCUT2D eigenvalue weighted by atomic mass is 32.2. The molecule has 2 rings (SSSR count). The molecule has 2 N–H and O–H groups in total. The third kappa shape index (κ3) is 4.39. The van der Waals surface area contributed by atoms with E-state index in [4.69, 9.17) is 14.2 Å². The van der Waals surface area contributed by atoms with Crippen molar-refractivity contribution in [3.05, 3.63) is 35.0 Å². The zero-order valence-electron chi connectivity index (χ0n) is 14.7. The first-order valence-electron chi connectivity index (χ1n) is 7.68. The number of allylic oxidation sites excluding steroid dienone is 1. The van der Waals surface area contributed by atoms with Crippen LogP contribution in [0, 0.1) is 0 Å². The Hall–Kier alpha value is -2.35. The predicted octanol–water partition coefficient (Wildman–Crippen LogP) is 2.24. The van der Waals surface area contributed by atoms with Crippen LogP contribution in [-0.4, -0.2) is 44.8 Å². The number of urea groups is 1. The van der Waals surface area contributed by atoms with Crippen LogP contribution in [0.2, 0.25) is 0 Å². The number of carbonyl (C=O) groups is 2. The lowest BCUT2D eigenvalue weighted by molar-refractivity contribution is -0.138. The second-order valence-corrected chi connectivity index (χ2v) is 6.30. The van der Waals surface area contributed by atoms with Crippen molar-refractivity contribution in [1.82, 2.24) is 10.6 Å². The molecule has 7 nitrogen and oxygen atoms in total. The smallest absolute Gasteiger partial charge is 0.338 e. The van der Waals surface area contributed by atoms with E-state index in [-0.39, 0.29) is 6.03 Å². The maximum Gasteiger partial charge on any atom is 0.338 e. The highest BCUT2D eigenvalue weighted by Gasteiger charge is 2.32. The molecule has 0 radical (unpaired) electrons. The van der Waals surface area contributed by atoms with Crippen LogP contribution in [0.5, 0.6) is 11.5 Å². The summed E-state index contributed by atoms with van der Waals surface area (Å²) in [6.45, 7) is 1.99. The number of thioether (sulfide) groups is 1. The van der Waals surface area contributed by atoms with Gasteiger partial charge in [-0.3, -0.25) is 0 Å². The second-order valence-electron chi connectivity index (χ2n) is 5.31. The predicted molar refractivity (Wildman–Crippen MR) is 96.0 cm³/mol. The monoisotopic (exact) mass is 366 g/mol. The highest BCUT2D eigenvalue weighted by Crippen LogP contribution is 2.34. The quantitative estimate of drug-likeness (QED) is 0.569. The van der Waals surface area contributed by atoms with E-state index in [0.717, 1.165) is 0 Å². The fourth-order valence-electron chi connectivity index (χ4n) is 2.54. The largest absolute Gasteiger partial charge is 0.493 e. The fraction of sp³-hybridized carbons (Fsp3) is 0.412. The summed E-state index contributed by atoms with van der Waals surface area (Å²) in [7, 11) is 3.07. The summed E-state index contributed by atoms with van der Waals surface area (Å²) in [4.78, 5) is 24.4. The van der Waals surface area contributed by atoms with Crippen molar-refractivity contribution in [3.63, 3.8) is 0 Å². The maximum absolute atomic E-state index is 12.5. The number of benzene rings is 1. The van der Waals surface area contributed by atoms with E-state index in [9.17, 15) is 9.59 Å². The van der Waals surface area contributed by atoms with Gasteiger partial charge in [0.1, 0.15) is 6.61 Å². The Morgan fingerprint density at radius 2 is 1.96 bits per heavy atom. The van der Waals surface area contributed by atoms with E-state index in [1.807, 2.05) is 6.26 Å². The van der Waals surface area contributed by atoms with Gasteiger partial charge >= 0.3 is 12.0 Å². The number of nitrogens with one attached hydrogen (secondary N) is 2. The third-order valence-electron chi connectivity index (χ3n) is 3.75. The summed E-state index contributed by atoms with van der Waals surface area (Å²) in [5.41, 5.74) is 1.54. The molecule has 2 amide bonds. The van der Waals surface area contributed by atoms with Gasteiger partial charge in [0.25, 0.3) is 0 Å². The summed E-state index contributed by atoms with van der Waals surface area (Å²) in [6, 6.07) is 4.24. The van der Waals surface area contributed by atoms with E-state index in [1.165, 1.54) is 7.11 Å². The molecule has 1 aromatic rings. The van der Waals surface area contributed by atoms with Crippen LogP contribution in [0.4, 0.5) is 4.79 Å².